The zero-order valence-corrected chi connectivity index (χ0v) is 23.5. The number of allylic oxidation sites excluding steroid dienone is 1. The fourth-order valence-corrected chi connectivity index (χ4v) is 3.37. The highest BCUT2D eigenvalue weighted by atomic mass is 35.5. The van der Waals surface area contributed by atoms with Gasteiger partial charge in [0, 0.05) is 17.6 Å². The van der Waals surface area contributed by atoms with Crippen molar-refractivity contribution >= 4 is 41.1 Å². The molecule has 0 saturated carbocycles. The molecule has 0 aliphatic carbocycles. The first-order chi connectivity index (χ1) is 18.6. The number of halogens is 4. The van der Waals surface area contributed by atoms with E-state index in [-0.39, 0.29) is 51.0 Å². The highest BCUT2D eigenvalue weighted by Gasteiger charge is 2.31. The van der Waals surface area contributed by atoms with Crippen molar-refractivity contribution in [2.24, 2.45) is 16.1 Å². The Balaban J connectivity index is 2.53. The van der Waals surface area contributed by atoms with E-state index in [0.29, 0.717) is 6.61 Å². The van der Waals surface area contributed by atoms with Crippen LogP contribution < -0.4 is 15.4 Å². The van der Waals surface area contributed by atoms with Crippen molar-refractivity contribution in [3.63, 3.8) is 0 Å². The van der Waals surface area contributed by atoms with E-state index >= 15 is 0 Å². The van der Waals surface area contributed by atoms with Gasteiger partial charge in [-0.1, -0.05) is 32.4 Å². The van der Waals surface area contributed by atoms with Crippen molar-refractivity contribution in [1.29, 1.82) is 5.26 Å². The Morgan fingerprint density at radius 2 is 1.85 bits per heavy atom. The van der Waals surface area contributed by atoms with Crippen LogP contribution in [0.1, 0.15) is 45.7 Å². The van der Waals surface area contributed by atoms with Crippen LogP contribution in [0.2, 0.25) is 5.02 Å². The molecule has 0 fully saturated rings. The molecule has 2 rings (SSSR count). The van der Waals surface area contributed by atoms with E-state index in [1.807, 2.05) is 26.8 Å². The van der Waals surface area contributed by atoms with Crippen LogP contribution in [0.15, 0.2) is 52.7 Å². The van der Waals surface area contributed by atoms with Gasteiger partial charge in [-0.05, 0) is 55.7 Å². The Kier molecular flexibility index (Phi) is 10.7. The van der Waals surface area contributed by atoms with E-state index in [4.69, 9.17) is 26.8 Å². The number of amides is 1. The van der Waals surface area contributed by atoms with Crippen LogP contribution in [0, 0.1) is 16.7 Å². The summed E-state index contributed by atoms with van der Waals surface area (Å²) in [6.45, 7) is 8.70. The van der Waals surface area contributed by atoms with Crippen molar-refractivity contribution in [3.05, 3.63) is 63.8 Å². The minimum atomic E-state index is -4.63. The number of hydrogen-bond donors (Lipinski definition) is 1. The normalized spacial score (nSPS) is 12.5. The van der Waals surface area contributed by atoms with Crippen LogP contribution in [-0.2, 0) is 20.5 Å². The number of nitrogens with two attached hydrogens (primary N) is 1. The maximum absolute atomic E-state index is 13.7. The van der Waals surface area contributed by atoms with Gasteiger partial charge < -0.3 is 15.2 Å². The zero-order valence-electron chi connectivity index (χ0n) is 22.7. The molecular weight excluding hydrogens is 549 g/mol. The van der Waals surface area contributed by atoms with Gasteiger partial charge in [0.05, 0.1) is 40.6 Å². The van der Waals surface area contributed by atoms with Crippen molar-refractivity contribution in [3.8, 4) is 11.8 Å². The first-order valence-electron chi connectivity index (χ1n) is 12.1. The number of benzene rings is 2. The van der Waals surface area contributed by atoms with Crippen LogP contribution in [0.3, 0.4) is 0 Å². The number of carbonyl (C=O) groups is 2. The Morgan fingerprint density at radius 3 is 2.40 bits per heavy atom. The lowest BCUT2D eigenvalue weighted by atomic mass is 9.98. The number of hydrogen-bond acceptors (Lipinski definition) is 7. The number of nitriles is 1. The van der Waals surface area contributed by atoms with Gasteiger partial charge in [-0.25, -0.2) is 0 Å². The topological polar surface area (TPSA) is 118 Å². The lowest BCUT2D eigenvalue weighted by Crippen LogP contribution is -2.38. The first-order valence-corrected chi connectivity index (χ1v) is 12.5. The molecule has 214 valence electrons. The maximum atomic E-state index is 13.7. The molecule has 0 bridgehead atoms. The molecule has 40 heavy (non-hydrogen) atoms. The average Bonchev–Trinajstić information content (AvgIpc) is 2.85. The molecule has 0 heterocycles. The third kappa shape index (κ3) is 9.02. The molecular formula is C28H30ClF3N4O4. The summed E-state index contributed by atoms with van der Waals surface area (Å²) in [5.41, 5.74) is 4.56. The summed E-state index contributed by atoms with van der Waals surface area (Å²) >= 11 is 6.03. The summed E-state index contributed by atoms with van der Waals surface area (Å²) in [7, 11) is 0. The standard InChI is InChI=1S/C28H30ClF3N4O4/c1-6-39-25(37)15-36(20-8-10-24(18(11-20)13-33)40-16-27(3,4)5)26(38)21(17(2)34)14-35-23-12-19(28(30,31)32)7-9-22(23)29/h7-12,14H,6,15-16,34H2,1-5H3. The van der Waals surface area contributed by atoms with Gasteiger partial charge in [0.15, 0.2) is 0 Å². The number of alkyl halides is 3. The molecule has 0 radical (unpaired) electrons. The Bertz CT molecular complexity index is 1350. The van der Waals surface area contributed by atoms with Crippen LogP contribution in [0.4, 0.5) is 24.5 Å². The van der Waals surface area contributed by atoms with Gasteiger partial charge in [0.25, 0.3) is 5.91 Å². The molecule has 2 aromatic rings. The second-order valence-electron chi connectivity index (χ2n) is 9.86. The molecule has 8 nitrogen and oxygen atoms in total. The third-order valence-electron chi connectivity index (χ3n) is 5.16. The number of nitrogens with zero attached hydrogens (tertiary/aromatic N) is 3. The van der Waals surface area contributed by atoms with Gasteiger partial charge in [0.1, 0.15) is 18.4 Å². The fourth-order valence-electron chi connectivity index (χ4n) is 3.20. The van der Waals surface area contributed by atoms with Crippen LogP contribution >= 0.6 is 11.6 Å². The average molecular weight is 579 g/mol. The number of anilines is 1. The van der Waals surface area contributed by atoms with Crippen LogP contribution in [0.25, 0.3) is 0 Å². The highest BCUT2D eigenvalue weighted by Crippen LogP contribution is 2.35. The first kappa shape index (κ1) is 32.2. The Hall–Kier alpha value is -4.04. The minimum absolute atomic E-state index is 0.0312. The quantitative estimate of drug-likeness (QED) is 0.215. The smallest absolute Gasteiger partial charge is 0.416 e. The molecule has 0 spiro atoms. The molecule has 12 heteroatoms. The SMILES string of the molecule is CCOC(=O)CN(C(=O)C(C=Nc1cc(C(F)(F)F)ccc1Cl)=C(C)N)c1ccc(OCC(C)(C)C)c(C#N)c1. The van der Waals surface area contributed by atoms with Crippen molar-refractivity contribution in [2.75, 3.05) is 24.7 Å². The van der Waals surface area contributed by atoms with E-state index < -0.39 is 30.2 Å². The molecule has 1 amide bonds. The monoisotopic (exact) mass is 578 g/mol. The summed E-state index contributed by atoms with van der Waals surface area (Å²) in [5, 5.41) is 9.62. The molecule has 0 aromatic heterocycles. The molecule has 0 unspecified atom stereocenters. The van der Waals surface area contributed by atoms with E-state index in [9.17, 15) is 28.0 Å². The highest BCUT2D eigenvalue weighted by molar-refractivity contribution is 6.33. The van der Waals surface area contributed by atoms with Crippen molar-refractivity contribution in [2.45, 2.75) is 40.8 Å². The fraction of sp³-hybridized carbons (Fsp3) is 0.357. The number of esters is 1. The van der Waals surface area contributed by atoms with Gasteiger partial charge in [-0.3, -0.25) is 19.5 Å². The third-order valence-corrected chi connectivity index (χ3v) is 5.47. The van der Waals surface area contributed by atoms with Crippen molar-refractivity contribution < 1.29 is 32.2 Å². The summed E-state index contributed by atoms with van der Waals surface area (Å²) in [4.78, 5) is 31.1. The molecule has 0 saturated heterocycles. The predicted molar refractivity (Wildman–Crippen MR) is 147 cm³/mol. The second kappa shape index (κ2) is 13.3. The lowest BCUT2D eigenvalue weighted by molar-refractivity contribution is -0.142. The molecule has 0 aliphatic rings. The van der Waals surface area contributed by atoms with Gasteiger partial charge >= 0.3 is 12.1 Å². The Morgan fingerprint density at radius 1 is 1.18 bits per heavy atom. The maximum Gasteiger partial charge on any atom is 0.416 e. The second-order valence-corrected chi connectivity index (χ2v) is 10.3. The molecule has 2 N–H and O–H groups in total. The summed E-state index contributed by atoms with van der Waals surface area (Å²) in [5.74, 6) is -1.27. The van der Waals surface area contributed by atoms with Crippen LogP contribution in [-0.4, -0.2) is 37.8 Å². The lowest BCUT2D eigenvalue weighted by Gasteiger charge is -2.24. The molecule has 2 aromatic carbocycles. The summed E-state index contributed by atoms with van der Waals surface area (Å²) < 4.78 is 50.3. The largest absolute Gasteiger partial charge is 0.492 e. The van der Waals surface area contributed by atoms with E-state index in [1.165, 1.54) is 25.1 Å². The number of rotatable bonds is 9. The van der Waals surface area contributed by atoms with Gasteiger partial charge in [0.2, 0.25) is 0 Å². The number of aliphatic imine (C=N–C) groups is 1. The number of ether oxygens (including phenoxy) is 2. The minimum Gasteiger partial charge on any atom is -0.492 e. The van der Waals surface area contributed by atoms with Gasteiger partial charge in [-0.2, -0.15) is 18.4 Å². The predicted octanol–water partition coefficient (Wildman–Crippen LogP) is 6.19. The molecule has 0 atom stereocenters. The zero-order chi connectivity index (χ0) is 30.3. The summed E-state index contributed by atoms with van der Waals surface area (Å²) in [6.07, 6.45) is -3.66. The van der Waals surface area contributed by atoms with Crippen LogP contribution in [0.5, 0.6) is 5.75 Å². The number of carbonyl (C=O) groups excluding carboxylic acids is 2. The summed E-state index contributed by atoms with van der Waals surface area (Å²) in [6, 6.07) is 8.96. The van der Waals surface area contributed by atoms with E-state index in [1.54, 1.807) is 6.92 Å². The van der Waals surface area contributed by atoms with E-state index in [0.717, 1.165) is 29.3 Å². The van der Waals surface area contributed by atoms with Crippen molar-refractivity contribution in [1.82, 2.24) is 0 Å². The molecule has 0 aliphatic heterocycles. The van der Waals surface area contributed by atoms with E-state index in [2.05, 4.69) is 4.99 Å². The Labute approximate surface area is 235 Å². The van der Waals surface area contributed by atoms with Gasteiger partial charge in [-0.15, -0.1) is 0 Å².